The van der Waals surface area contributed by atoms with Gasteiger partial charge in [0.25, 0.3) is 0 Å². The molecule has 1 heterocycles. The zero-order valence-corrected chi connectivity index (χ0v) is 19.6. The van der Waals surface area contributed by atoms with Crippen molar-refractivity contribution in [3.05, 3.63) is 88.6 Å². The molecule has 170 valence electrons. The molecule has 32 heavy (non-hydrogen) atoms. The third-order valence-corrected chi connectivity index (χ3v) is 6.59. The SMILES string of the molecule is CN(CCOCc1ccc(Cl)cc1)Cc1cnc(C(c2ccccc2)C2CCCCC2)o1. The first-order valence-corrected chi connectivity index (χ1v) is 12.1. The zero-order valence-electron chi connectivity index (χ0n) is 18.9. The quantitative estimate of drug-likeness (QED) is 0.321. The lowest BCUT2D eigenvalue weighted by molar-refractivity contribution is 0.0961. The molecule has 1 fully saturated rings. The average Bonchev–Trinajstić information content (AvgIpc) is 3.27. The normalized spacial score (nSPS) is 15.8. The van der Waals surface area contributed by atoms with Crippen LogP contribution in [0.25, 0.3) is 0 Å². The number of hydrogen-bond acceptors (Lipinski definition) is 4. The summed E-state index contributed by atoms with van der Waals surface area (Å²) in [5.41, 5.74) is 2.45. The van der Waals surface area contributed by atoms with Gasteiger partial charge in [-0.25, -0.2) is 4.98 Å². The van der Waals surface area contributed by atoms with Gasteiger partial charge in [0.15, 0.2) is 0 Å². The molecule has 4 rings (SSSR count). The van der Waals surface area contributed by atoms with Crippen molar-refractivity contribution in [2.24, 2.45) is 5.92 Å². The second-order valence-corrected chi connectivity index (χ2v) is 9.30. The lowest BCUT2D eigenvalue weighted by Gasteiger charge is -2.28. The Morgan fingerprint density at radius 3 is 2.56 bits per heavy atom. The lowest BCUT2D eigenvalue weighted by Crippen LogP contribution is -2.22. The number of halogens is 1. The van der Waals surface area contributed by atoms with Gasteiger partial charge in [-0.05, 0) is 49.1 Å². The molecule has 0 aliphatic heterocycles. The number of hydrogen-bond donors (Lipinski definition) is 0. The van der Waals surface area contributed by atoms with Crippen molar-refractivity contribution in [3.63, 3.8) is 0 Å². The Kier molecular flexibility index (Phi) is 8.38. The van der Waals surface area contributed by atoms with Gasteiger partial charge in [-0.15, -0.1) is 0 Å². The molecule has 1 atom stereocenters. The predicted molar refractivity (Wildman–Crippen MR) is 129 cm³/mol. The Hall–Kier alpha value is -2.14. The van der Waals surface area contributed by atoms with Gasteiger partial charge in [0, 0.05) is 11.6 Å². The Labute approximate surface area is 196 Å². The van der Waals surface area contributed by atoms with Crippen LogP contribution in [0.1, 0.15) is 60.8 Å². The van der Waals surface area contributed by atoms with Crippen molar-refractivity contribution in [1.82, 2.24) is 9.88 Å². The number of aromatic nitrogens is 1. The Balaban J connectivity index is 1.31. The minimum atomic E-state index is 0.248. The molecule has 0 saturated heterocycles. The van der Waals surface area contributed by atoms with E-state index in [4.69, 9.17) is 25.7 Å². The van der Waals surface area contributed by atoms with E-state index in [2.05, 4.69) is 42.3 Å². The summed E-state index contributed by atoms with van der Waals surface area (Å²) < 4.78 is 12.1. The van der Waals surface area contributed by atoms with Gasteiger partial charge >= 0.3 is 0 Å². The van der Waals surface area contributed by atoms with Crippen LogP contribution < -0.4 is 0 Å². The first-order chi connectivity index (χ1) is 15.7. The summed E-state index contributed by atoms with van der Waals surface area (Å²) in [5.74, 6) is 2.64. The zero-order chi connectivity index (χ0) is 22.2. The molecule has 0 amide bonds. The van der Waals surface area contributed by atoms with Crippen molar-refractivity contribution in [2.75, 3.05) is 20.2 Å². The van der Waals surface area contributed by atoms with Crippen molar-refractivity contribution in [1.29, 1.82) is 0 Å². The molecule has 0 N–H and O–H groups in total. The fraction of sp³-hybridized carbons (Fsp3) is 0.444. The lowest BCUT2D eigenvalue weighted by atomic mass is 9.77. The van der Waals surface area contributed by atoms with E-state index in [0.717, 1.165) is 35.3 Å². The molecule has 2 aromatic carbocycles. The highest BCUT2D eigenvalue weighted by Gasteiger charge is 2.30. The number of oxazole rings is 1. The first kappa shape index (κ1) is 23.0. The number of nitrogens with zero attached hydrogens (tertiary/aromatic N) is 2. The highest BCUT2D eigenvalue weighted by molar-refractivity contribution is 6.30. The molecule has 1 saturated carbocycles. The van der Waals surface area contributed by atoms with Crippen LogP contribution in [0.3, 0.4) is 0 Å². The van der Waals surface area contributed by atoms with E-state index in [-0.39, 0.29) is 5.92 Å². The molecule has 1 aliphatic carbocycles. The fourth-order valence-corrected chi connectivity index (χ4v) is 4.75. The topological polar surface area (TPSA) is 38.5 Å². The maximum Gasteiger partial charge on any atom is 0.202 e. The highest BCUT2D eigenvalue weighted by Crippen LogP contribution is 2.40. The molecule has 0 radical (unpaired) electrons. The van der Waals surface area contributed by atoms with Gasteiger partial charge in [0.1, 0.15) is 5.76 Å². The molecular formula is C27H33ClN2O2. The third kappa shape index (κ3) is 6.44. The van der Waals surface area contributed by atoms with Crippen molar-refractivity contribution < 1.29 is 9.15 Å². The Morgan fingerprint density at radius 1 is 1.06 bits per heavy atom. The molecular weight excluding hydrogens is 420 g/mol. The minimum absolute atomic E-state index is 0.248. The summed E-state index contributed by atoms with van der Waals surface area (Å²) in [4.78, 5) is 6.94. The minimum Gasteiger partial charge on any atom is -0.444 e. The third-order valence-electron chi connectivity index (χ3n) is 6.34. The highest BCUT2D eigenvalue weighted by atomic mass is 35.5. The number of ether oxygens (including phenoxy) is 1. The van der Waals surface area contributed by atoms with E-state index in [9.17, 15) is 0 Å². The molecule has 5 heteroatoms. The smallest absolute Gasteiger partial charge is 0.202 e. The first-order valence-electron chi connectivity index (χ1n) is 11.7. The number of likely N-dealkylation sites (N-methyl/N-ethyl adjacent to an activating group) is 1. The van der Waals surface area contributed by atoms with Crippen molar-refractivity contribution >= 4 is 11.6 Å². The van der Waals surface area contributed by atoms with Crippen LogP contribution in [-0.4, -0.2) is 30.1 Å². The largest absolute Gasteiger partial charge is 0.444 e. The fourth-order valence-electron chi connectivity index (χ4n) is 4.62. The van der Waals surface area contributed by atoms with E-state index < -0.39 is 0 Å². The van der Waals surface area contributed by atoms with Gasteiger partial charge in [0.05, 0.1) is 31.9 Å². The molecule has 3 aromatic rings. The maximum absolute atomic E-state index is 6.30. The molecule has 0 spiro atoms. The maximum atomic E-state index is 6.30. The molecule has 4 nitrogen and oxygen atoms in total. The standard InChI is InChI=1S/C27H33ClN2O2/c1-30(16-17-31-20-21-12-14-24(28)15-13-21)19-25-18-29-27(32-25)26(22-8-4-2-5-9-22)23-10-6-3-7-11-23/h2,4-5,8-9,12-15,18,23,26H,3,6-7,10-11,16-17,19-20H2,1H3. The van der Waals surface area contributed by atoms with Crippen LogP contribution in [0.5, 0.6) is 0 Å². The molecule has 1 aliphatic rings. The second-order valence-electron chi connectivity index (χ2n) is 8.87. The van der Waals surface area contributed by atoms with Crippen LogP contribution >= 0.6 is 11.6 Å². The second kappa shape index (κ2) is 11.6. The van der Waals surface area contributed by atoms with Crippen molar-refractivity contribution in [2.45, 2.75) is 51.2 Å². The summed E-state index contributed by atoms with van der Waals surface area (Å²) >= 11 is 5.93. The van der Waals surface area contributed by atoms with Gasteiger partial charge in [-0.2, -0.15) is 0 Å². The predicted octanol–water partition coefficient (Wildman–Crippen LogP) is 6.69. The van der Waals surface area contributed by atoms with Gasteiger partial charge in [-0.1, -0.05) is 73.3 Å². The number of benzene rings is 2. The Morgan fingerprint density at radius 2 is 1.81 bits per heavy atom. The summed E-state index contributed by atoms with van der Waals surface area (Å²) in [6.07, 6.45) is 8.36. The summed E-state index contributed by atoms with van der Waals surface area (Å²) in [5, 5.41) is 0.748. The molecule has 1 unspecified atom stereocenters. The number of rotatable bonds is 10. The van der Waals surface area contributed by atoms with Crippen LogP contribution in [0, 0.1) is 5.92 Å². The van der Waals surface area contributed by atoms with E-state index in [0.29, 0.717) is 19.1 Å². The van der Waals surface area contributed by atoms with Crippen LogP contribution in [0.2, 0.25) is 5.02 Å². The van der Waals surface area contributed by atoms with E-state index in [1.807, 2.05) is 30.5 Å². The monoisotopic (exact) mass is 452 g/mol. The van der Waals surface area contributed by atoms with Crippen LogP contribution in [0.15, 0.2) is 65.2 Å². The summed E-state index contributed by atoms with van der Waals surface area (Å²) in [6.45, 7) is 2.81. The average molecular weight is 453 g/mol. The van der Waals surface area contributed by atoms with Gasteiger partial charge < -0.3 is 9.15 Å². The molecule has 0 bridgehead atoms. The van der Waals surface area contributed by atoms with E-state index >= 15 is 0 Å². The van der Waals surface area contributed by atoms with Crippen LogP contribution in [0.4, 0.5) is 0 Å². The van der Waals surface area contributed by atoms with E-state index in [1.165, 1.54) is 37.7 Å². The molecule has 1 aromatic heterocycles. The van der Waals surface area contributed by atoms with Crippen LogP contribution in [-0.2, 0) is 17.9 Å². The Bertz CT molecular complexity index is 936. The van der Waals surface area contributed by atoms with Gasteiger partial charge in [0.2, 0.25) is 5.89 Å². The van der Waals surface area contributed by atoms with Gasteiger partial charge in [-0.3, -0.25) is 4.90 Å². The van der Waals surface area contributed by atoms with Crippen molar-refractivity contribution in [3.8, 4) is 0 Å². The van der Waals surface area contributed by atoms with E-state index in [1.54, 1.807) is 0 Å². The summed E-state index contributed by atoms with van der Waals surface area (Å²) in [7, 11) is 2.09. The summed E-state index contributed by atoms with van der Waals surface area (Å²) in [6, 6.07) is 18.5.